The molecule has 3 amide bonds. The number of hydrogen-bond donors (Lipinski definition) is 3. The summed E-state index contributed by atoms with van der Waals surface area (Å²) in [7, 11) is 0. The Morgan fingerprint density at radius 1 is 1.08 bits per heavy atom. The molecule has 1 saturated heterocycles. The van der Waals surface area contributed by atoms with Gasteiger partial charge in [-0.15, -0.1) is 0 Å². The van der Waals surface area contributed by atoms with E-state index in [4.69, 9.17) is 0 Å². The lowest BCUT2D eigenvalue weighted by Gasteiger charge is -2.36. The fraction of sp³-hybridized carbons (Fsp3) is 0.296. The number of carboxylic acids is 1. The number of benzene rings is 1. The number of likely N-dealkylation sites (tertiary alicyclic amines) is 1. The SMILES string of the molecule is CCNC(=O)Nc1nc2cc(-c3cnc(C(=O)N4CCC(C)(C(=O)O)CC4)nc3)cc(-c3ccccn3)c2s1. The van der Waals surface area contributed by atoms with Gasteiger partial charge in [0, 0.05) is 49.4 Å². The number of anilines is 1. The minimum atomic E-state index is -0.843. The first-order valence-electron chi connectivity index (χ1n) is 12.5. The van der Waals surface area contributed by atoms with Gasteiger partial charge in [-0.25, -0.2) is 19.7 Å². The van der Waals surface area contributed by atoms with Crippen molar-refractivity contribution >= 4 is 44.6 Å². The molecule has 3 N–H and O–H groups in total. The Hall–Kier alpha value is -4.45. The number of fused-ring (bicyclic) bond motifs is 1. The number of aliphatic carboxylic acids is 1. The van der Waals surface area contributed by atoms with Crippen LogP contribution in [0.2, 0.25) is 0 Å². The summed E-state index contributed by atoms with van der Waals surface area (Å²) in [5, 5.41) is 15.4. The van der Waals surface area contributed by atoms with Gasteiger partial charge in [-0.3, -0.25) is 19.9 Å². The zero-order valence-corrected chi connectivity index (χ0v) is 22.3. The van der Waals surface area contributed by atoms with Crippen LogP contribution in [0.1, 0.15) is 37.3 Å². The van der Waals surface area contributed by atoms with Crippen molar-refractivity contribution in [2.45, 2.75) is 26.7 Å². The first kappa shape index (κ1) is 26.2. The van der Waals surface area contributed by atoms with Gasteiger partial charge in [-0.2, -0.15) is 0 Å². The minimum absolute atomic E-state index is 0.0609. The van der Waals surface area contributed by atoms with E-state index in [1.807, 2.05) is 37.3 Å². The van der Waals surface area contributed by atoms with E-state index in [1.54, 1.807) is 30.4 Å². The van der Waals surface area contributed by atoms with Crippen LogP contribution in [0.15, 0.2) is 48.9 Å². The fourth-order valence-corrected chi connectivity index (χ4v) is 5.38. The third-order valence-electron chi connectivity index (χ3n) is 6.84. The zero-order chi connectivity index (χ0) is 27.6. The molecule has 0 saturated carbocycles. The molecule has 0 bridgehead atoms. The lowest BCUT2D eigenvalue weighted by molar-refractivity contribution is -0.150. The third kappa shape index (κ3) is 5.41. The number of pyridine rings is 1. The maximum Gasteiger partial charge on any atom is 0.321 e. The van der Waals surface area contributed by atoms with Crippen LogP contribution in [-0.2, 0) is 4.79 Å². The van der Waals surface area contributed by atoms with Gasteiger partial charge in [0.1, 0.15) is 0 Å². The molecule has 5 rings (SSSR count). The number of carbonyl (C=O) groups excluding carboxylic acids is 2. The number of thiazole rings is 1. The smallest absolute Gasteiger partial charge is 0.321 e. The Morgan fingerprint density at radius 2 is 1.82 bits per heavy atom. The van der Waals surface area contributed by atoms with E-state index >= 15 is 0 Å². The molecule has 0 unspecified atom stereocenters. The van der Waals surface area contributed by atoms with Gasteiger partial charge in [0.2, 0.25) is 5.82 Å². The summed E-state index contributed by atoms with van der Waals surface area (Å²) >= 11 is 1.36. The molecule has 39 heavy (non-hydrogen) atoms. The molecule has 4 heterocycles. The molecule has 4 aromatic rings. The van der Waals surface area contributed by atoms with E-state index in [0.29, 0.717) is 48.7 Å². The number of rotatable bonds is 6. The van der Waals surface area contributed by atoms with Gasteiger partial charge in [0.25, 0.3) is 5.91 Å². The second-order valence-corrected chi connectivity index (χ2v) is 10.5. The van der Waals surface area contributed by atoms with Gasteiger partial charge < -0.3 is 15.3 Å². The van der Waals surface area contributed by atoms with E-state index in [0.717, 1.165) is 21.5 Å². The lowest BCUT2D eigenvalue weighted by atomic mass is 9.80. The minimum Gasteiger partial charge on any atom is -0.481 e. The average molecular weight is 546 g/mol. The second-order valence-electron chi connectivity index (χ2n) is 9.54. The molecular formula is C27H27N7O4S. The molecule has 200 valence electrons. The third-order valence-corrected chi connectivity index (χ3v) is 7.86. The molecule has 11 nitrogen and oxygen atoms in total. The molecule has 0 atom stereocenters. The van der Waals surface area contributed by atoms with Crippen molar-refractivity contribution in [3.63, 3.8) is 0 Å². The highest BCUT2D eigenvalue weighted by Crippen LogP contribution is 2.38. The van der Waals surface area contributed by atoms with Crippen molar-refractivity contribution in [2.75, 3.05) is 25.0 Å². The summed E-state index contributed by atoms with van der Waals surface area (Å²) in [6, 6.07) is 9.17. The van der Waals surface area contributed by atoms with Crippen LogP contribution in [0.5, 0.6) is 0 Å². The predicted molar refractivity (Wildman–Crippen MR) is 147 cm³/mol. The second kappa shape index (κ2) is 10.7. The van der Waals surface area contributed by atoms with Crippen LogP contribution in [0, 0.1) is 5.41 Å². The Bertz CT molecular complexity index is 1530. The summed E-state index contributed by atoms with van der Waals surface area (Å²) in [5.74, 6) is -1.10. The summed E-state index contributed by atoms with van der Waals surface area (Å²) in [4.78, 5) is 55.9. The molecule has 0 aliphatic carbocycles. The Balaban J connectivity index is 1.43. The van der Waals surface area contributed by atoms with Gasteiger partial charge >= 0.3 is 12.0 Å². The number of nitrogens with zero attached hydrogens (tertiary/aromatic N) is 5. The van der Waals surface area contributed by atoms with Crippen molar-refractivity contribution in [1.29, 1.82) is 0 Å². The van der Waals surface area contributed by atoms with Gasteiger partial charge in [0.15, 0.2) is 5.13 Å². The largest absolute Gasteiger partial charge is 0.481 e. The Morgan fingerprint density at radius 3 is 2.46 bits per heavy atom. The molecule has 0 spiro atoms. The van der Waals surface area contributed by atoms with Crippen molar-refractivity contribution in [1.82, 2.24) is 30.2 Å². The molecule has 1 aliphatic rings. The molecule has 1 aromatic carbocycles. The van der Waals surface area contributed by atoms with Crippen LogP contribution >= 0.6 is 11.3 Å². The number of aromatic nitrogens is 4. The van der Waals surface area contributed by atoms with Crippen LogP contribution in [-0.4, -0.2) is 67.5 Å². The van der Waals surface area contributed by atoms with E-state index in [9.17, 15) is 19.5 Å². The van der Waals surface area contributed by atoms with Crippen molar-refractivity contribution in [3.05, 3.63) is 54.7 Å². The van der Waals surface area contributed by atoms with Gasteiger partial charge in [0.05, 0.1) is 21.3 Å². The lowest BCUT2D eigenvalue weighted by Crippen LogP contribution is -2.45. The van der Waals surface area contributed by atoms with Crippen LogP contribution in [0.4, 0.5) is 9.93 Å². The van der Waals surface area contributed by atoms with Crippen molar-refractivity contribution in [2.24, 2.45) is 5.41 Å². The standard InChI is InChI=1S/C27H27N7O4S/c1-3-28-25(38)33-26-32-20-13-16(12-18(21(20)39-26)19-6-4-5-9-29-19)17-14-30-22(31-15-17)23(35)34-10-7-27(2,8-11-34)24(36)37/h4-6,9,12-15H,3,7-8,10-11H2,1-2H3,(H,36,37)(H2,28,32,33,38). The summed E-state index contributed by atoms with van der Waals surface area (Å²) in [6.07, 6.45) is 5.66. The molecular weight excluding hydrogens is 518 g/mol. The van der Waals surface area contributed by atoms with Crippen molar-refractivity contribution in [3.8, 4) is 22.4 Å². The van der Waals surface area contributed by atoms with Crippen LogP contribution in [0.25, 0.3) is 32.6 Å². The first-order chi connectivity index (χ1) is 18.8. The monoisotopic (exact) mass is 545 g/mol. The Kier molecular flexibility index (Phi) is 7.20. The van der Waals surface area contributed by atoms with E-state index in [1.165, 1.54) is 11.3 Å². The zero-order valence-electron chi connectivity index (χ0n) is 21.5. The number of piperidine rings is 1. The number of carbonyl (C=O) groups is 3. The van der Waals surface area contributed by atoms with Gasteiger partial charge in [-0.1, -0.05) is 17.4 Å². The topological polar surface area (TPSA) is 150 Å². The normalized spacial score (nSPS) is 14.7. The Labute approximate surface area is 228 Å². The summed E-state index contributed by atoms with van der Waals surface area (Å²) in [6.45, 7) is 4.73. The van der Waals surface area contributed by atoms with Gasteiger partial charge in [-0.05, 0) is 56.5 Å². The maximum atomic E-state index is 13.0. The number of carboxylic acid groups (broad SMARTS) is 1. The highest BCUT2D eigenvalue weighted by molar-refractivity contribution is 7.22. The van der Waals surface area contributed by atoms with E-state index in [-0.39, 0.29) is 17.8 Å². The van der Waals surface area contributed by atoms with Crippen molar-refractivity contribution < 1.29 is 19.5 Å². The quantitative estimate of drug-likeness (QED) is 0.325. The summed E-state index contributed by atoms with van der Waals surface area (Å²) in [5.41, 5.74) is 2.93. The van der Waals surface area contributed by atoms with E-state index in [2.05, 4.69) is 30.6 Å². The fourth-order valence-electron chi connectivity index (χ4n) is 4.41. The summed E-state index contributed by atoms with van der Waals surface area (Å²) < 4.78 is 0.871. The number of urea groups is 1. The highest BCUT2D eigenvalue weighted by atomic mass is 32.1. The molecule has 1 aliphatic heterocycles. The van der Waals surface area contributed by atoms with E-state index < -0.39 is 11.4 Å². The molecule has 12 heteroatoms. The molecule has 1 fully saturated rings. The average Bonchev–Trinajstić information content (AvgIpc) is 3.35. The molecule has 3 aromatic heterocycles. The molecule has 0 radical (unpaired) electrons. The number of amides is 3. The highest BCUT2D eigenvalue weighted by Gasteiger charge is 2.38. The first-order valence-corrected chi connectivity index (χ1v) is 13.3. The number of nitrogens with one attached hydrogen (secondary N) is 2. The number of hydrogen-bond acceptors (Lipinski definition) is 8. The maximum absolute atomic E-state index is 13.0. The van der Waals surface area contributed by atoms with Crippen LogP contribution < -0.4 is 10.6 Å². The predicted octanol–water partition coefficient (Wildman–Crippen LogP) is 4.28. The van der Waals surface area contributed by atoms with Crippen LogP contribution in [0.3, 0.4) is 0 Å².